The highest BCUT2D eigenvalue weighted by Crippen LogP contribution is 2.20. The smallest absolute Gasteiger partial charge is 0.240 e. The monoisotopic (exact) mass is 282 g/mol. The molecule has 0 aromatic carbocycles. The van der Waals surface area contributed by atoms with Crippen molar-refractivity contribution in [1.82, 2.24) is 19.9 Å². The minimum Gasteiger partial charge on any atom is -0.392 e. The van der Waals surface area contributed by atoms with Gasteiger partial charge in [0.1, 0.15) is 0 Å². The summed E-state index contributed by atoms with van der Waals surface area (Å²) in [7, 11) is 4.10. The predicted molar refractivity (Wildman–Crippen MR) is 76.2 cm³/mol. The number of nitrogens with zero attached hydrogens (tertiary/aromatic N) is 4. The van der Waals surface area contributed by atoms with E-state index in [0.717, 1.165) is 25.2 Å². The van der Waals surface area contributed by atoms with E-state index in [-0.39, 0.29) is 6.10 Å². The van der Waals surface area contributed by atoms with E-state index >= 15 is 0 Å². The van der Waals surface area contributed by atoms with Gasteiger partial charge in [0.15, 0.2) is 5.82 Å². The minimum atomic E-state index is -0.252. The number of likely N-dealkylation sites (tertiary alicyclic amines) is 1. The fourth-order valence-electron chi connectivity index (χ4n) is 2.74. The van der Waals surface area contributed by atoms with Crippen LogP contribution in [0, 0.1) is 5.92 Å². The summed E-state index contributed by atoms with van der Waals surface area (Å²) < 4.78 is 5.32. The summed E-state index contributed by atoms with van der Waals surface area (Å²) in [6.45, 7) is 6.52. The molecular formula is C14H26N4O2. The number of aliphatic hydroxyl groups excluding tert-OH is 1. The fraction of sp³-hybridized carbons (Fsp3) is 0.857. The molecule has 2 atom stereocenters. The molecule has 1 aliphatic heterocycles. The van der Waals surface area contributed by atoms with Gasteiger partial charge in [-0.05, 0) is 26.4 Å². The van der Waals surface area contributed by atoms with Gasteiger partial charge in [-0.3, -0.25) is 4.90 Å². The third kappa shape index (κ3) is 4.26. The Balaban J connectivity index is 1.95. The molecule has 1 fully saturated rings. The third-order valence-electron chi connectivity index (χ3n) is 3.52. The van der Waals surface area contributed by atoms with Crippen molar-refractivity contribution in [2.45, 2.75) is 45.4 Å². The van der Waals surface area contributed by atoms with Crippen LogP contribution in [0.1, 0.15) is 32.0 Å². The van der Waals surface area contributed by atoms with E-state index in [2.05, 4.69) is 47.9 Å². The molecule has 0 aliphatic carbocycles. The Kier molecular flexibility index (Phi) is 5.12. The summed E-state index contributed by atoms with van der Waals surface area (Å²) in [6, 6.07) is 0.348. The normalized spacial score (nSPS) is 24.1. The van der Waals surface area contributed by atoms with Crippen molar-refractivity contribution in [2.75, 3.05) is 27.2 Å². The maximum absolute atomic E-state index is 9.86. The topological polar surface area (TPSA) is 65.6 Å². The number of rotatable bonds is 6. The van der Waals surface area contributed by atoms with Crippen molar-refractivity contribution < 1.29 is 9.63 Å². The van der Waals surface area contributed by atoms with Crippen LogP contribution in [0.2, 0.25) is 0 Å². The lowest BCUT2D eigenvalue weighted by Gasteiger charge is -2.25. The zero-order valence-electron chi connectivity index (χ0n) is 12.9. The zero-order valence-corrected chi connectivity index (χ0v) is 12.9. The molecule has 1 saturated heterocycles. The molecule has 1 aromatic rings. The molecule has 20 heavy (non-hydrogen) atoms. The van der Waals surface area contributed by atoms with Crippen LogP contribution in [0.3, 0.4) is 0 Å². The first-order valence-electron chi connectivity index (χ1n) is 7.32. The molecule has 2 rings (SSSR count). The lowest BCUT2D eigenvalue weighted by atomic mass is 10.1. The maximum Gasteiger partial charge on any atom is 0.240 e. The second-order valence-electron chi connectivity index (χ2n) is 6.44. The molecule has 1 aliphatic rings. The van der Waals surface area contributed by atoms with Crippen LogP contribution in [-0.4, -0.2) is 64.4 Å². The van der Waals surface area contributed by atoms with Crippen molar-refractivity contribution in [2.24, 2.45) is 5.92 Å². The highest BCUT2D eigenvalue weighted by molar-refractivity contribution is 4.92. The molecule has 0 radical (unpaired) electrons. The van der Waals surface area contributed by atoms with Gasteiger partial charge < -0.3 is 14.5 Å². The third-order valence-corrected chi connectivity index (χ3v) is 3.52. The van der Waals surface area contributed by atoms with Crippen LogP contribution in [0.5, 0.6) is 0 Å². The molecule has 1 aromatic heterocycles. The first kappa shape index (κ1) is 15.4. The number of aliphatic hydroxyl groups is 1. The number of hydrogen-bond donors (Lipinski definition) is 1. The summed E-state index contributed by atoms with van der Waals surface area (Å²) in [5.74, 6) is 1.95. The van der Waals surface area contributed by atoms with Gasteiger partial charge in [0.2, 0.25) is 5.89 Å². The van der Waals surface area contributed by atoms with Gasteiger partial charge in [0.05, 0.1) is 12.6 Å². The molecule has 0 amide bonds. The summed E-state index contributed by atoms with van der Waals surface area (Å²) in [5, 5.41) is 13.9. The van der Waals surface area contributed by atoms with E-state index in [1.54, 1.807) is 0 Å². The Morgan fingerprint density at radius 3 is 2.85 bits per heavy atom. The average Bonchev–Trinajstić information content (AvgIpc) is 2.86. The number of aromatic nitrogens is 2. The second kappa shape index (κ2) is 6.65. The van der Waals surface area contributed by atoms with Crippen molar-refractivity contribution in [1.29, 1.82) is 0 Å². The van der Waals surface area contributed by atoms with Crippen molar-refractivity contribution in [3.05, 3.63) is 11.7 Å². The highest BCUT2D eigenvalue weighted by atomic mass is 16.5. The summed E-state index contributed by atoms with van der Waals surface area (Å²) in [4.78, 5) is 8.82. The van der Waals surface area contributed by atoms with Crippen LogP contribution in [-0.2, 0) is 13.0 Å². The van der Waals surface area contributed by atoms with E-state index in [9.17, 15) is 5.11 Å². The molecule has 114 valence electrons. The first-order chi connectivity index (χ1) is 9.44. The SMILES string of the molecule is CC(C)Cc1noc(CN2CC(O)CC2CN(C)C)n1. The summed E-state index contributed by atoms with van der Waals surface area (Å²) >= 11 is 0. The number of β-amino-alcohol motifs (C(OH)–C–C–N with tert-alkyl or cyclic N) is 1. The van der Waals surface area contributed by atoms with Crippen molar-refractivity contribution in [3.63, 3.8) is 0 Å². The van der Waals surface area contributed by atoms with E-state index in [1.165, 1.54) is 0 Å². The zero-order chi connectivity index (χ0) is 14.7. The van der Waals surface area contributed by atoms with Crippen molar-refractivity contribution >= 4 is 0 Å². The molecule has 6 nitrogen and oxygen atoms in total. The standard InChI is InChI=1S/C14H26N4O2/c1-10(2)5-13-15-14(20-16-13)9-18-8-12(19)6-11(18)7-17(3)4/h10-12,19H,5-9H2,1-4H3. The Morgan fingerprint density at radius 1 is 1.45 bits per heavy atom. The van der Waals surface area contributed by atoms with E-state index in [4.69, 9.17) is 4.52 Å². The summed E-state index contributed by atoms with van der Waals surface area (Å²) in [5.41, 5.74) is 0. The molecule has 2 heterocycles. The van der Waals surface area contributed by atoms with Gasteiger partial charge in [0.25, 0.3) is 0 Å². The summed E-state index contributed by atoms with van der Waals surface area (Å²) in [6.07, 6.45) is 1.40. The lowest BCUT2D eigenvalue weighted by molar-refractivity contribution is 0.158. The Hall–Kier alpha value is -0.980. The second-order valence-corrected chi connectivity index (χ2v) is 6.44. The predicted octanol–water partition coefficient (Wildman–Crippen LogP) is 0.765. The van der Waals surface area contributed by atoms with Gasteiger partial charge in [0, 0.05) is 25.6 Å². The minimum absolute atomic E-state index is 0.252. The van der Waals surface area contributed by atoms with E-state index < -0.39 is 0 Å². The largest absolute Gasteiger partial charge is 0.392 e. The molecular weight excluding hydrogens is 256 g/mol. The molecule has 2 unspecified atom stereocenters. The van der Waals surface area contributed by atoms with Crippen LogP contribution < -0.4 is 0 Å². The first-order valence-corrected chi connectivity index (χ1v) is 7.32. The highest BCUT2D eigenvalue weighted by Gasteiger charge is 2.32. The molecule has 6 heteroatoms. The molecule has 1 N–H and O–H groups in total. The van der Waals surface area contributed by atoms with Gasteiger partial charge >= 0.3 is 0 Å². The quantitative estimate of drug-likeness (QED) is 0.831. The fourth-order valence-corrected chi connectivity index (χ4v) is 2.74. The van der Waals surface area contributed by atoms with E-state index in [1.807, 2.05) is 0 Å². The lowest BCUT2D eigenvalue weighted by Crippen LogP contribution is -2.37. The number of hydrogen-bond acceptors (Lipinski definition) is 6. The Bertz CT molecular complexity index is 419. The van der Waals surface area contributed by atoms with Gasteiger partial charge in [-0.15, -0.1) is 0 Å². The molecule has 0 spiro atoms. The van der Waals surface area contributed by atoms with Gasteiger partial charge in [-0.25, -0.2) is 0 Å². The van der Waals surface area contributed by atoms with Crippen LogP contribution >= 0.6 is 0 Å². The van der Waals surface area contributed by atoms with Crippen LogP contribution in [0.25, 0.3) is 0 Å². The maximum atomic E-state index is 9.86. The number of likely N-dealkylation sites (N-methyl/N-ethyl adjacent to an activating group) is 1. The van der Waals surface area contributed by atoms with Gasteiger partial charge in [-0.2, -0.15) is 4.98 Å². The van der Waals surface area contributed by atoms with Gasteiger partial charge in [-0.1, -0.05) is 19.0 Å². The van der Waals surface area contributed by atoms with Crippen LogP contribution in [0.4, 0.5) is 0 Å². The molecule has 0 saturated carbocycles. The van der Waals surface area contributed by atoms with E-state index in [0.29, 0.717) is 30.9 Å². The average molecular weight is 282 g/mol. The van der Waals surface area contributed by atoms with Crippen LogP contribution in [0.15, 0.2) is 4.52 Å². The Morgan fingerprint density at radius 2 is 2.20 bits per heavy atom. The molecule has 0 bridgehead atoms. The Labute approximate surface area is 120 Å². The van der Waals surface area contributed by atoms with Crippen molar-refractivity contribution in [3.8, 4) is 0 Å².